The van der Waals surface area contributed by atoms with Crippen LogP contribution in [0.5, 0.6) is 0 Å². The molecule has 0 aliphatic rings. The van der Waals surface area contributed by atoms with Gasteiger partial charge in [0.05, 0.1) is 14.2 Å². The molecule has 0 radical (unpaired) electrons. The van der Waals surface area contributed by atoms with E-state index < -0.39 is 17.9 Å². The molecule has 0 saturated carbocycles. The molecule has 0 spiro atoms. The van der Waals surface area contributed by atoms with E-state index in [4.69, 9.17) is 24.4 Å². The van der Waals surface area contributed by atoms with Gasteiger partial charge < -0.3 is 24.4 Å². The second-order valence-electron chi connectivity index (χ2n) is 5.42. The van der Waals surface area contributed by atoms with Crippen LogP contribution in [0.1, 0.15) is 53.0 Å². The van der Waals surface area contributed by atoms with E-state index in [-0.39, 0.29) is 27.6 Å². The first-order valence-electron chi connectivity index (χ1n) is 7.54. The van der Waals surface area contributed by atoms with Gasteiger partial charge in [0, 0.05) is 11.1 Å². The molecule has 0 aromatic carbocycles. The van der Waals surface area contributed by atoms with E-state index in [9.17, 15) is 14.4 Å². The van der Waals surface area contributed by atoms with E-state index in [2.05, 4.69) is 0 Å². The molecular weight excluding hydrogens is 362 g/mol. The van der Waals surface area contributed by atoms with E-state index in [0.717, 1.165) is 11.3 Å². The molecule has 140 valence electrons. The normalized spacial score (nSPS) is 10.5. The van der Waals surface area contributed by atoms with Crippen LogP contribution in [0.2, 0.25) is 0 Å². The third-order valence-electron chi connectivity index (χ3n) is 3.91. The lowest BCUT2D eigenvalue weighted by molar-refractivity contribution is 0.0450. The Labute approximate surface area is 153 Å². The summed E-state index contributed by atoms with van der Waals surface area (Å²) >= 11 is 0.868. The predicted molar refractivity (Wildman–Crippen MR) is 93.4 cm³/mol. The minimum Gasteiger partial charge on any atom is -0.465 e. The monoisotopic (exact) mass is 381 g/mol. The molecule has 8 nitrogen and oxygen atoms in total. The van der Waals surface area contributed by atoms with Crippen molar-refractivity contribution in [1.82, 2.24) is 0 Å². The molecule has 0 bridgehead atoms. The van der Waals surface area contributed by atoms with Gasteiger partial charge in [0.1, 0.15) is 39.1 Å². The van der Waals surface area contributed by atoms with Crippen LogP contribution >= 0.6 is 11.3 Å². The van der Waals surface area contributed by atoms with E-state index in [1.165, 1.54) is 14.2 Å². The lowest BCUT2D eigenvalue weighted by atomic mass is 10.1. The number of carbonyl (C=O) groups excluding carboxylic acids is 3. The Morgan fingerprint density at radius 2 is 1.58 bits per heavy atom. The second kappa shape index (κ2) is 7.61. The van der Waals surface area contributed by atoms with Crippen LogP contribution in [-0.4, -0.2) is 32.1 Å². The molecule has 2 aromatic heterocycles. The first-order chi connectivity index (χ1) is 12.2. The molecular formula is C17H19NO7S. The quantitative estimate of drug-likeness (QED) is 0.620. The van der Waals surface area contributed by atoms with Gasteiger partial charge in [0.25, 0.3) is 0 Å². The van der Waals surface area contributed by atoms with Crippen LogP contribution in [0, 0.1) is 20.8 Å². The molecule has 2 rings (SSSR count). The van der Waals surface area contributed by atoms with Crippen molar-refractivity contribution < 1.29 is 33.0 Å². The molecule has 0 aliphatic carbocycles. The summed E-state index contributed by atoms with van der Waals surface area (Å²) in [6, 6.07) is 0. The second-order valence-corrected chi connectivity index (χ2v) is 6.47. The molecule has 0 unspecified atom stereocenters. The van der Waals surface area contributed by atoms with Crippen molar-refractivity contribution in [3.8, 4) is 0 Å². The summed E-state index contributed by atoms with van der Waals surface area (Å²) in [5.41, 5.74) is 6.95. The van der Waals surface area contributed by atoms with Gasteiger partial charge in [-0.05, 0) is 20.8 Å². The van der Waals surface area contributed by atoms with E-state index in [1.807, 2.05) is 0 Å². The van der Waals surface area contributed by atoms with Crippen LogP contribution in [-0.2, 0) is 20.8 Å². The molecule has 0 saturated heterocycles. The molecule has 2 heterocycles. The van der Waals surface area contributed by atoms with Gasteiger partial charge >= 0.3 is 17.9 Å². The zero-order chi connectivity index (χ0) is 19.6. The summed E-state index contributed by atoms with van der Waals surface area (Å²) < 4.78 is 20.1. The highest BCUT2D eigenvalue weighted by molar-refractivity contribution is 7.18. The van der Waals surface area contributed by atoms with Crippen LogP contribution in [0.3, 0.4) is 0 Å². The zero-order valence-electron chi connectivity index (χ0n) is 15.1. The van der Waals surface area contributed by atoms with E-state index in [0.29, 0.717) is 22.6 Å². The number of nitrogen functional groups attached to an aromatic ring is 1. The number of nitrogens with two attached hydrogens (primary N) is 1. The minimum absolute atomic E-state index is 0.0116. The lowest BCUT2D eigenvalue weighted by Gasteiger charge is -2.08. The SMILES string of the molecule is COC(=O)c1sc(N)c(C(=O)OC)c1COC(=O)c1c(C)oc(C)c1C. The largest absolute Gasteiger partial charge is 0.465 e. The summed E-state index contributed by atoms with van der Waals surface area (Å²) in [6.45, 7) is 4.79. The van der Waals surface area contributed by atoms with Gasteiger partial charge in [0.15, 0.2) is 0 Å². The standard InChI is InChI=1S/C17H19NO7S/c1-7-8(2)25-9(3)11(7)16(20)24-6-10-12(15(19)22-4)14(18)26-13(10)17(21)23-5/h6,18H2,1-5H3. The average Bonchev–Trinajstić information content (AvgIpc) is 3.07. The van der Waals surface area contributed by atoms with Crippen molar-refractivity contribution in [3.05, 3.63) is 38.7 Å². The number of furan rings is 1. The van der Waals surface area contributed by atoms with Crippen molar-refractivity contribution >= 4 is 34.2 Å². The van der Waals surface area contributed by atoms with Gasteiger partial charge in [-0.25, -0.2) is 14.4 Å². The van der Waals surface area contributed by atoms with Crippen LogP contribution in [0.25, 0.3) is 0 Å². The fourth-order valence-electron chi connectivity index (χ4n) is 2.51. The zero-order valence-corrected chi connectivity index (χ0v) is 15.9. The summed E-state index contributed by atoms with van der Waals surface area (Å²) in [7, 11) is 2.39. The van der Waals surface area contributed by atoms with Crippen LogP contribution in [0.15, 0.2) is 4.42 Å². The maximum absolute atomic E-state index is 12.4. The number of methoxy groups -OCH3 is 2. The number of anilines is 1. The Bertz CT molecular complexity index is 878. The van der Waals surface area contributed by atoms with Crippen LogP contribution in [0.4, 0.5) is 5.00 Å². The average molecular weight is 381 g/mol. The summed E-state index contributed by atoms with van der Waals surface area (Å²) in [5.74, 6) is -1.01. The lowest BCUT2D eigenvalue weighted by Crippen LogP contribution is -2.13. The minimum atomic E-state index is -0.730. The number of hydrogen-bond acceptors (Lipinski definition) is 9. The number of thiophene rings is 1. The molecule has 9 heteroatoms. The first-order valence-corrected chi connectivity index (χ1v) is 8.36. The van der Waals surface area contributed by atoms with Gasteiger partial charge in [0.2, 0.25) is 0 Å². The Balaban J connectivity index is 2.37. The fraction of sp³-hybridized carbons (Fsp3) is 0.353. The van der Waals surface area contributed by atoms with Crippen LogP contribution < -0.4 is 5.73 Å². The number of aryl methyl sites for hydroxylation is 2. The first kappa shape index (κ1) is 19.5. The van der Waals surface area contributed by atoms with Crippen molar-refractivity contribution in [1.29, 1.82) is 0 Å². The van der Waals surface area contributed by atoms with E-state index in [1.54, 1.807) is 20.8 Å². The maximum atomic E-state index is 12.4. The van der Waals surface area contributed by atoms with Gasteiger partial charge in [-0.15, -0.1) is 11.3 Å². The fourth-order valence-corrected chi connectivity index (χ4v) is 3.49. The Morgan fingerprint density at radius 3 is 2.08 bits per heavy atom. The van der Waals surface area contributed by atoms with Gasteiger partial charge in [-0.1, -0.05) is 0 Å². The highest BCUT2D eigenvalue weighted by Gasteiger charge is 2.29. The van der Waals surface area contributed by atoms with Gasteiger partial charge in [-0.3, -0.25) is 0 Å². The molecule has 0 amide bonds. The summed E-state index contributed by atoms with van der Waals surface area (Å²) in [4.78, 5) is 36.5. The van der Waals surface area contributed by atoms with Crippen molar-refractivity contribution in [3.63, 3.8) is 0 Å². The summed E-state index contributed by atoms with van der Waals surface area (Å²) in [6.07, 6.45) is 0. The highest BCUT2D eigenvalue weighted by Crippen LogP contribution is 2.33. The third kappa shape index (κ3) is 3.43. The Kier molecular flexibility index (Phi) is 5.71. The molecule has 0 atom stereocenters. The molecule has 0 aliphatic heterocycles. The maximum Gasteiger partial charge on any atom is 0.348 e. The number of esters is 3. The highest BCUT2D eigenvalue weighted by atomic mass is 32.1. The number of ether oxygens (including phenoxy) is 3. The topological polar surface area (TPSA) is 118 Å². The molecule has 0 fully saturated rings. The number of carbonyl (C=O) groups is 3. The van der Waals surface area contributed by atoms with Gasteiger partial charge in [-0.2, -0.15) is 0 Å². The van der Waals surface area contributed by atoms with Crippen molar-refractivity contribution in [2.75, 3.05) is 20.0 Å². The molecule has 26 heavy (non-hydrogen) atoms. The molecule has 2 aromatic rings. The van der Waals surface area contributed by atoms with Crippen molar-refractivity contribution in [2.24, 2.45) is 0 Å². The van der Waals surface area contributed by atoms with Crippen molar-refractivity contribution in [2.45, 2.75) is 27.4 Å². The van der Waals surface area contributed by atoms with E-state index >= 15 is 0 Å². The predicted octanol–water partition coefficient (Wildman–Crippen LogP) is 2.78. The molecule has 2 N–H and O–H groups in total. The summed E-state index contributed by atoms with van der Waals surface area (Å²) in [5, 5.41) is 0.0785. The Morgan fingerprint density at radius 1 is 0.962 bits per heavy atom. The Hall–Kier alpha value is -2.81. The number of rotatable bonds is 5. The third-order valence-corrected chi connectivity index (χ3v) is 4.95. The number of hydrogen-bond donors (Lipinski definition) is 1. The smallest absolute Gasteiger partial charge is 0.348 e.